The largest absolute Gasteiger partial charge is 0.482 e. The van der Waals surface area contributed by atoms with Gasteiger partial charge in [0.1, 0.15) is 11.5 Å². The summed E-state index contributed by atoms with van der Waals surface area (Å²) in [5.41, 5.74) is 3.30. The minimum absolute atomic E-state index is 0.102. The molecule has 0 heterocycles. The number of carbonyl (C=O) groups is 1. The Kier molecular flexibility index (Phi) is 5.89. The molecular weight excluding hydrogens is 312 g/mol. The molecule has 0 atom stereocenters. The third-order valence-corrected chi connectivity index (χ3v) is 4.07. The molecule has 0 aromatic heterocycles. The van der Waals surface area contributed by atoms with Crippen molar-refractivity contribution in [2.45, 2.75) is 52.9 Å². The smallest absolute Gasteiger partial charge is 0.349 e. The van der Waals surface area contributed by atoms with Crippen molar-refractivity contribution in [3.05, 3.63) is 59.2 Å². The van der Waals surface area contributed by atoms with Gasteiger partial charge in [-0.05, 0) is 42.0 Å². The van der Waals surface area contributed by atoms with E-state index in [2.05, 4.69) is 40.7 Å². The van der Waals surface area contributed by atoms with Crippen molar-refractivity contribution in [2.24, 2.45) is 0 Å². The number of carbonyl (C=O) groups excluding carboxylic acids is 1. The Morgan fingerprint density at radius 2 is 1.68 bits per heavy atom. The van der Waals surface area contributed by atoms with Crippen LogP contribution in [0.3, 0.4) is 0 Å². The zero-order chi connectivity index (χ0) is 18.6. The number of hydrogen-bond donors (Lipinski definition) is 0. The molecule has 2 rings (SSSR count). The Balaban J connectivity index is 2.01. The van der Waals surface area contributed by atoms with E-state index in [9.17, 15) is 4.79 Å². The van der Waals surface area contributed by atoms with E-state index in [-0.39, 0.29) is 12.0 Å². The van der Waals surface area contributed by atoms with Crippen molar-refractivity contribution in [1.82, 2.24) is 0 Å². The second kappa shape index (κ2) is 7.73. The first kappa shape index (κ1) is 19.0. The van der Waals surface area contributed by atoms with Crippen molar-refractivity contribution in [3.63, 3.8) is 0 Å². The van der Waals surface area contributed by atoms with Crippen LogP contribution in [0.2, 0.25) is 0 Å². The summed E-state index contributed by atoms with van der Waals surface area (Å²) < 4.78 is 11.1. The van der Waals surface area contributed by atoms with Crippen LogP contribution in [0, 0.1) is 6.92 Å². The number of esters is 1. The van der Waals surface area contributed by atoms with E-state index in [0.717, 1.165) is 11.1 Å². The quantitative estimate of drug-likeness (QED) is 0.540. The summed E-state index contributed by atoms with van der Waals surface area (Å²) in [7, 11) is 0. The fourth-order valence-corrected chi connectivity index (χ4v) is 2.56. The van der Waals surface area contributed by atoms with E-state index < -0.39 is 5.97 Å². The highest BCUT2D eigenvalue weighted by molar-refractivity contribution is 5.74. The molecule has 0 amide bonds. The van der Waals surface area contributed by atoms with E-state index in [4.69, 9.17) is 9.47 Å². The average molecular weight is 340 g/mol. The van der Waals surface area contributed by atoms with Gasteiger partial charge in [0.15, 0.2) is 6.61 Å². The van der Waals surface area contributed by atoms with Crippen LogP contribution >= 0.6 is 0 Å². The number of rotatable bonds is 5. The zero-order valence-electron chi connectivity index (χ0n) is 16.1. The van der Waals surface area contributed by atoms with E-state index >= 15 is 0 Å². The fourth-order valence-electron chi connectivity index (χ4n) is 2.56. The molecule has 0 aliphatic carbocycles. The fraction of sp³-hybridized carbons (Fsp3) is 0.409. The van der Waals surface area contributed by atoms with Crippen LogP contribution < -0.4 is 9.47 Å². The van der Waals surface area contributed by atoms with Gasteiger partial charge in [-0.1, -0.05) is 64.4 Å². The van der Waals surface area contributed by atoms with Crippen LogP contribution in [-0.4, -0.2) is 12.6 Å². The normalized spacial score (nSPS) is 11.5. The maximum atomic E-state index is 12.2. The lowest BCUT2D eigenvalue weighted by atomic mass is 9.85. The van der Waals surface area contributed by atoms with Crippen LogP contribution in [0.25, 0.3) is 0 Å². The minimum atomic E-state index is -0.401. The lowest BCUT2D eigenvalue weighted by Crippen LogP contribution is -2.21. The highest BCUT2D eigenvalue weighted by atomic mass is 16.6. The summed E-state index contributed by atoms with van der Waals surface area (Å²) in [5, 5.41) is 0. The number of benzene rings is 2. The molecule has 0 spiro atoms. The molecule has 0 saturated heterocycles. The van der Waals surface area contributed by atoms with Gasteiger partial charge in [-0.25, -0.2) is 4.79 Å². The third kappa shape index (κ3) is 5.35. The summed E-state index contributed by atoms with van der Waals surface area (Å²) in [6, 6.07) is 13.7. The topological polar surface area (TPSA) is 35.5 Å². The molecule has 0 unspecified atom stereocenters. The van der Waals surface area contributed by atoms with Crippen LogP contribution in [-0.2, 0) is 10.2 Å². The molecule has 2 aromatic carbocycles. The maximum Gasteiger partial charge on any atom is 0.349 e. The lowest BCUT2D eigenvalue weighted by Gasteiger charge is -2.22. The molecule has 0 radical (unpaired) electrons. The summed E-state index contributed by atoms with van der Waals surface area (Å²) >= 11 is 0. The predicted octanol–water partition coefficient (Wildman–Crippen LogP) is 5.40. The molecule has 134 valence electrons. The van der Waals surface area contributed by atoms with Crippen molar-refractivity contribution in [1.29, 1.82) is 0 Å². The van der Waals surface area contributed by atoms with Gasteiger partial charge in [-0.15, -0.1) is 0 Å². The van der Waals surface area contributed by atoms with Crippen LogP contribution in [0.4, 0.5) is 0 Å². The first-order valence-electron chi connectivity index (χ1n) is 8.71. The number of ether oxygens (including phenoxy) is 2. The van der Waals surface area contributed by atoms with Gasteiger partial charge in [0, 0.05) is 5.56 Å². The van der Waals surface area contributed by atoms with Gasteiger partial charge >= 0.3 is 5.97 Å². The van der Waals surface area contributed by atoms with Gasteiger partial charge in [0.2, 0.25) is 0 Å². The average Bonchev–Trinajstić information content (AvgIpc) is 2.54. The van der Waals surface area contributed by atoms with E-state index in [1.54, 1.807) is 0 Å². The summed E-state index contributed by atoms with van der Waals surface area (Å²) in [5.74, 6) is 1.34. The Labute approximate surface area is 151 Å². The Hall–Kier alpha value is -2.29. The van der Waals surface area contributed by atoms with Gasteiger partial charge in [-0.2, -0.15) is 0 Å². The summed E-state index contributed by atoms with van der Waals surface area (Å²) in [4.78, 5) is 12.2. The van der Waals surface area contributed by atoms with Gasteiger partial charge in [0.05, 0.1) is 0 Å². The third-order valence-electron chi connectivity index (χ3n) is 4.07. The zero-order valence-corrected chi connectivity index (χ0v) is 16.1. The number of aryl methyl sites for hydroxylation is 1. The maximum absolute atomic E-state index is 12.2. The van der Waals surface area contributed by atoms with Crippen molar-refractivity contribution in [3.8, 4) is 11.5 Å². The molecule has 0 saturated carbocycles. The molecule has 0 fully saturated rings. The van der Waals surface area contributed by atoms with E-state index in [0.29, 0.717) is 17.4 Å². The Morgan fingerprint density at radius 1 is 1.04 bits per heavy atom. The summed E-state index contributed by atoms with van der Waals surface area (Å²) in [6.07, 6.45) is 0. The SMILES string of the molecule is Cc1ccc(OC(=O)COc2ccc(C(C)C)cc2)c(C(C)(C)C)c1. The Morgan fingerprint density at radius 3 is 2.24 bits per heavy atom. The molecule has 3 heteroatoms. The van der Waals surface area contributed by atoms with Gasteiger partial charge in [-0.3, -0.25) is 0 Å². The number of hydrogen-bond acceptors (Lipinski definition) is 3. The first-order valence-corrected chi connectivity index (χ1v) is 8.71. The van der Waals surface area contributed by atoms with Crippen molar-refractivity contribution >= 4 is 5.97 Å². The molecule has 0 aliphatic heterocycles. The van der Waals surface area contributed by atoms with Crippen molar-refractivity contribution in [2.75, 3.05) is 6.61 Å². The molecule has 3 nitrogen and oxygen atoms in total. The van der Waals surface area contributed by atoms with Gasteiger partial charge < -0.3 is 9.47 Å². The predicted molar refractivity (Wildman–Crippen MR) is 102 cm³/mol. The standard InChI is InChI=1S/C22H28O3/c1-15(2)17-8-10-18(11-9-17)24-14-21(23)25-20-12-7-16(3)13-19(20)22(4,5)6/h7-13,15H,14H2,1-6H3. The highest BCUT2D eigenvalue weighted by Gasteiger charge is 2.21. The second-order valence-corrected chi connectivity index (χ2v) is 7.74. The second-order valence-electron chi connectivity index (χ2n) is 7.74. The highest BCUT2D eigenvalue weighted by Crippen LogP contribution is 2.32. The molecule has 0 aliphatic rings. The molecular formula is C22H28O3. The lowest BCUT2D eigenvalue weighted by molar-refractivity contribution is -0.136. The molecule has 0 bridgehead atoms. The van der Waals surface area contributed by atoms with E-state index in [1.165, 1.54) is 5.56 Å². The van der Waals surface area contributed by atoms with Crippen LogP contribution in [0.1, 0.15) is 57.2 Å². The molecule has 25 heavy (non-hydrogen) atoms. The molecule has 2 aromatic rings. The van der Waals surface area contributed by atoms with E-state index in [1.807, 2.05) is 43.3 Å². The monoisotopic (exact) mass is 340 g/mol. The van der Waals surface area contributed by atoms with Crippen LogP contribution in [0.15, 0.2) is 42.5 Å². The van der Waals surface area contributed by atoms with Gasteiger partial charge in [0.25, 0.3) is 0 Å². The molecule has 0 N–H and O–H groups in total. The van der Waals surface area contributed by atoms with Crippen LogP contribution in [0.5, 0.6) is 11.5 Å². The minimum Gasteiger partial charge on any atom is -0.482 e. The Bertz CT molecular complexity index is 722. The van der Waals surface area contributed by atoms with Crippen molar-refractivity contribution < 1.29 is 14.3 Å². The first-order chi connectivity index (χ1) is 11.7. The summed E-state index contributed by atoms with van der Waals surface area (Å²) in [6.45, 7) is 12.5.